The molecule has 2 heteroatoms. The molecule has 1 nitrogen and oxygen atoms in total. The standard InChI is InChI=1S/C19H38ClN/c1-2-3-4-5-6-7-8-9-10-14-17-21-19(18-20)15-12-11-13-16-19/h21H,2-18H2,1H3. The van der Waals surface area contributed by atoms with E-state index in [4.69, 9.17) is 11.6 Å². The number of unbranched alkanes of at least 4 members (excludes halogenated alkanes) is 9. The van der Waals surface area contributed by atoms with Gasteiger partial charge in [-0.2, -0.15) is 0 Å². The molecule has 1 saturated carbocycles. The summed E-state index contributed by atoms with van der Waals surface area (Å²) in [5.41, 5.74) is 0.277. The Balaban J connectivity index is 1.87. The predicted octanol–water partition coefficient (Wildman–Crippen LogP) is 6.44. The number of nitrogens with one attached hydrogen (secondary N) is 1. The van der Waals surface area contributed by atoms with E-state index in [1.54, 1.807) is 0 Å². The number of hydrogen-bond acceptors (Lipinski definition) is 1. The van der Waals surface area contributed by atoms with Crippen molar-refractivity contribution in [2.45, 2.75) is 109 Å². The molecular formula is C19H38ClN. The normalized spacial score (nSPS) is 18.0. The van der Waals surface area contributed by atoms with Crippen LogP contribution in [0.5, 0.6) is 0 Å². The second-order valence-electron chi connectivity index (χ2n) is 7.08. The Morgan fingerprint density at radius 1 is 0.762 bits per heavy atom. The van der Waals surface area contributed by atoms with Crippen LogP contribution in [-0.2, 0) is 0 Å². The van der Waals surface area contributed by atoms with E-state index in [1.165, 1.54) is 103 Å². The Bertz CT molecular complexity index is 224. The van der Waals surface area contributed by atoms with Crippen LogP contribution in [0.3, 0.4) is 0 Å². The first-order valence-corrected chi connectivity index (χ1v) is 10.2. The Labute approximate surface area is 138 Å². The van der Waals surface area contributed by atoms with Gasteiger partial charge in [0.15, 0.2) is 0 Å². The van der Waals surface area contributed by atoms with E-state index in [0.717, 1.165) is 5.88 Å². The molecule has 21 heavy (non-hydrogen) atoms. The van der Waals surface area contributed by atoms with E-state index in [1.807, 2.05) is 0 Å². The predicted molar refractivity (Wildman–Crippen MR) is 96.4 cm³/mol. The quantitative estimate of drug-likeness (QED) is 0.304. The minimum atomic E-state index is 0.277. The fraction of sp³-hybridized carbons (Fsp3) is 1.00. The first kappa shape index (κ1) is 19.3. The number of alkyl halides is 1. The molecule has 0 spiro atoms. The van der Waals surface area contributed by atoms with Crippen LogP contribution >= 0.6 is 11.6 Å². The van der Waals surface area contributed by atoms with Gasteiger partial charge in [0.1, 0.15) is 0 Å². The second-order valence-corrected chi connectivity index (χ2v) is 7.35. The first-order valence-electron chi connectivity index (χ1n) is 9.64. The fourth-order valence-electron chi connectivity index (χ4n) is 3.55. The van der Waals surface area contributed by atoms with Gasteiger partial charge in [-0.25, -0.2) is 0 Å². The average Bonchev–Trinajstić information content (AvgIpc) is 2.53. The van der Waals surface area contributed by atoms with Crippen LogP contribution < -0.4 is 5.32 Å². The molecule has 1 N–H and O–H groups in total. The first-order chi connectivity index (χ1) is 10.3. The maximum atomic E-state index is 6.21. The van der Waals surface area contributed by atoms with E-state index < -0.39 is 0 Å². The topological polar surface area (TPSA) is 12.0 Å². The van der Waals surface area contributed by atoms with Gasteiger partial charge in [0.2, 0.25) is 0 Å². The van der Waals surface area contributed by atoms with Crippen LogP contribution in [-0.4, -0.2) is 18.0 Å². The van der Waals surface area contributed by atoms with Crippen molar-refractivity contribution < 1.29 is 0 Å². The van der Waals surface area contributed by atoms with Crippen LogP contribution in [0.25, 0.3) is 0 Å². The van der Waals surface area contributed by atoms with E-state index in [-0.39, 0.29) is 5.54 Å². The van der Waals surface area contributed by atoms with Crippen LogP contribution in [0.1, 0.15) is 103 Å². The monoisotopic (exact) mass is 315 g/mol. The molecule has 0 aliphatic heterocycles. The summed E-state index contributed by atoms with van der Waals surface area (Å²) in [7, 11) is 0. The number of hydrogen-bond donors (Lipinski definition) is 1. The highest BCUT2D eigenvalue weighted by Crippen LogP contribution is 2.29. The molecule has 0 radical (unpaired) electrons. The van der Waals surface area contributed by atoms with E-state index in [9.17, 15) is 0 Å². The van der Waals surface area contributed by atoms with Gasteiger partial charge in [-0.3, -0.25) is 0 Å². The summed E-state index contributed by atoms with van der Waals surface area (Å²) < 4.78 is 0. The van der Waals surface area contributed by atoms with Crippen molar-refractivity contribution in [3.05, 3.63) is 0 Å². The minimum Gasteiger partial charge on any atom is -0.310 e. The lowest BCUT2D eigenvalue weighted by Crippen LogP contribution is -2.48. The SMILES string of the molecule is CCCCCCCCCCCCNC1(CCl)CCCCC1. The third-order valence-corrected chi connectivity index (χ3v) is 5.61. The molecule has 0 unspecified atom stereocenters. The van der Waals surface area contributed by atoms with E-state index in [2.05, 4.69) is 12.2 Å². The zero-order valence-corrected chi connectivity index (χ0v) is 15.2. The smallest absolute Gasteiger partial charge is 0.0406 e. The lowest BCUT2D eigenvalue weighted by molar-refractivity contribution is 0.257. The Kier molecular flexibility index (Phi) is 11.7. The molecule has 1 aliphatic rings. The molecule has 0 heterocycles. The molecule has 1 rings (SSSR count). The van der Waals surface area contributed by atoms with Crippen molar-refractivity contribution in [1.29, 1.82) is 0 Å². The van der Waals surface area contributed by atoms with Crippen molar-refractivity contribution >= 4 is 11.6 Å². The number of halogens is 1. The molecule has 0 amide bonds. The largest absolute Gasteiger partial charge is 0.310 e. The van der Waals surface area contributed by atoms with Crippen molar-refractivity contribution in [1.82, 2.24) is 5.32 Å². The third kappa shape index (κ3) is 9.08. The summed E-state index contributed by atoms with van der Waals surface area (Å²) in [6.45, 7) is 3.46. The summed E-state index contributed by atoms with van der Waals surface area (Å²) in [6.07, 6.45) is 20.8. The summed E-state index contributed by atoms with van der Waals surface area (Å²) in [5.74, 6) is 0.796. The Morgan fingerprint density at radius 2 is 1.29 bits per heavy atom. The van der Waals surface area contributed by atoms with Gasteiger partial charge in [-0.05, 0) is 25.8 Å². The maximum Gasteiger partial charge on any atom is 0.0406 e. The van der Waals surface area contributed by atoms with Crippen molar-refractivity contribution in [3.63, 3.8) is 0 Å². The van der Waals surface area contributed by atoms with Crippen LogP contribution in [0, 0.1) is 0 Å². The Morgan fingerprint density at radius 3 is 1.81 bits per heavy atom. The minimum absolute atomic E-state index is 0.277. The second kappa shape index (κ2) is 12.8. The van der Waals surface area contributed by atoms with Gasteiger partial charge < -0.3 is 5.32 Å². The number of rotatable bonds is 13. The lowest BCUT2D eigenvalue weighted by atomic mass is 9.83. The van der Waals surface area contributed by atoms with Crippen molar-refractivity contribution in [2.75, 3.05) is 12.4 Å². The molecule has 126 valence electrons. The molecule has 0 aromatic rings. The molecule has 1 fully saturated rings. The van der Waals surface area contributed by atoms with Gasteiger partial charge >= 0.3 is 0 Å². The highest BCUT2D eigenvalue weighted by Gasteiger charge is 2.29. The summed E-state index contributed by atoms with van der Waals surface area (Å²) in [5, 5.41) is 3.78. The summed E-state index contributed by atoms with van der Waals surface area (Å²) in [6, 6.07) is 0. The molecule has 0 bridgehead atoms. The third-order valence-electron chi connectivity index (χ3n) is 5.10. The van der Waals surface area contributed by atoms with Gasteiger partial charge in [0.25, 0.3) is 0 Å². The Hall–Kier alpha value is 0.250. The fourth-order valence-corrected chi connectivity index (χ4v) is 3.91. The molecular weight excluding hydrogens is 278 g/mol. The van der Waals surface area contributed by atoms with Gasteiger partial charge in [-0.15, -0.1) is 11.6 Å². The van der Waals surface area contributed by atoms with Crippen molar-refractivity contribution in [2.24, 2.45) is 0 Å². The van der Waals surface area contributed by atoms with Gasteiger partial charge in [0, 0.05) is 11.4 Å². The summed E-state index contributed by atoms with van der Waals surface area (Å²) in [4.78, 5) is 0. The van der Waals surface area contributed by atoms with E-state index >= 15 is 0 Å². The van der Waals surface area contributed by atoms with E-state index in [0.29, 0.717) is 0 Å². The van der Waals surface area contributed by atoms with Crippen LogP contribution in [0.15, 0.2) is 0 Å². The zero-order valence-electron chi connectivity index (χ0n) is 14.4. The summed E-state index contributed by atoms with van der Waals surface area (Å²) >= 11 is 6.21. The molecule has 0 aromatic carbocycles. The molecule has 0 atom stereocenters. The van der Waals surface area contributed by atoms with Crippen molar-refractivity contribution in [3.8, 4) is 0 Å². The molecule has 0 aromatic heterocycles. The maximum absolute atomic E-state index is 6.21. The molecule has 1 aliphatic carbocycles. The van der Waals surface area contributed by atoms with Crippen LogP contribution in [0.2, 0.25) is 0 Å². The average molecular weight is 316 g/mol. The molecule has 0 saturated heterocycles. The highest BCUT2D eigenvalue weighted by atomic mass is 35.5. The van der Waals surface area contributed by atoms with Crippen LogP contribution in [0.4, 0.5) is 0 Å². The lowest BCUT2D eigenvalue weighted by Gasteiger charge is -2.36. The zero-order chi connectivity index (χ0) is 15.2. The van der Waals surface area contributed by atoms with Gasteiger partial charge in [0.05, 0.1) is 0 Å². The van der Waals surface area contributed by atoms with Gasteiger partial charge in [-0.1, -0.05) is 84.0 Å². The highest BCUT2D eigenvalue weighted by molar-refractivity contribution is 6.18.